The third-order valence-corrected chi connectivity index (χ3v) is 4.63. The van der Waals surface area contributed by atoms with E-state index in [2.05, 4.69) is 5.32 Å². The van der Waals surface area contributed by atoms with E-state index >= 15 is 0 Å². The van der Waals surface area contributed by atoms with Crippen LogP contribution in [0.1, 0.15) is 19.4 Å². The summed E-state index contributed by atoms with van der Waals surface area (Å²) in [4.78, 5) is 49.0. The third kappa shape index (κ3) is 4.04. The van der Waals surface area contributed by atoms with Crippen molar-refractivity contribution in [3.63, 3.8) is 0 Å². The molecular formula is C21H19N3O6. The zero-order chi connectivity index (χ0) is 21.9. The first-order valence-electron chi connectivity index (χ1n) is 9.03. The zero-order valence-electron chi connectivity index (χ0n) is 16.3. The van der Waals surface area contributed by atoms with Gasteiger partial charge >= 0.3 is 5.97 Å². The number of esters is 1. The number of anilines is 2. The Hall–Kier alpha value is -4.01. The first kappa shape index (κ1) is 20.7. The minimum atomic E-state index is -1.18. The lowest BCUT2D eigenvalue weighted by molar-refractivity contribution is -0.385. The number of carbonyl (C=O) groups is 3. The average molecular weight is 409 g/mol. The highest BCUT2D eigenvalue weighted by Crippen LogP contribution is 2.36. The van der Waals surface area contributed by atoms with Crippen LogP contribution in [0.3, 0.4) is 0 Å². The number of amides is 2. The number of nitro benzene ring substituents is 1. The summed E-state index contributed by atoms with van der Waals surface area (Å²) in [7, 11) is 0. The van der Waals surface area contributed by atoms with Crippen LogP contribution < -0.4 is 10.2 Å². The number of para-hydroxylation sites is 3. The fourth-order valence-electron chi connectivity index (χ4n) is 3.10. The van der Waals surface area contributed by atoms with Crippen molar-refractivity contribution in [2.75, 3.05) is 16.8 Å². The van der Waals surface area contributed by atoms with E-state index in [1.165, 1.54) is 29.2 Å². The van der Waals surface area contributed by atoms with Crippen molar-refractivity contribution in [2.24, 2.45) is 0 Å². The molecule has 9 heteroatoms. The smallest absolute Gasteiger partial charge is 0.331 e. The molecule has 1 aliphatic rings. The number of benzene rings is 2. The number of nitrogens with zero attached hydrogens (tertiary/aromatic N) is 2. The number of rotatable bonds is 5. The van der Waals surface area contributed by atoms with Crippen molar-refractivity contribution in [2.45, 2.75) is 19.4 Å². The van der Waals surface area contributed by atoms with E-state index in [0.717, 1.165) is 6.08 Å². The van der Waals surface area contributed by atoms with Gasteiger partial charge in [-0.05, 0) is 38.1 Å². The quantitative estimate of drug-likeness (QED) is 0.351. The molecule has 0 saturated heterocycles. The summed E-state index contributed by atoms with van der Waals surface area (Å²) >= 11 is 0. The second-order valence-corrected chi connectivity index (χ2v) is 7.02. The Bertz CT molecular complexity index is 1060. The zero-order valence-corrected chi connectivity index (χ0v) is 16.3. The van der Waals surface area contributed by atoms with Gasteiger partial charge in [0.1, 0.15) is 5.54 Å². The highest BCUT2D eigenvalue weighted by atomic mass is 16.6. The fraction of sp³-hybridized carbons (Fsp3) is 0.190. The first-order chi connectivity index (χ1) is 14.2. The van der Waals surface area contributed by atoms with Crippen LogP contribution in [0.4, 0.5) is 17.1 Å². The van der Waals surface area contributed by atoms with Crippen LogP contribution in [0.15, 0.2) is 54.6 Å². The van der Waals surface area contributed by atoms with Gasteiger partial charge in [-0.25, -0.2) is 4.79 Å². The molecule has 0 spiro atoms. The van der Waals surface area contributed by atoms with Gasteiger partial charge < -0.3 is 10.1 Å². The number of hydrogen-bond donors (Lipinski definition) is 1. The van der Waals surface area contributed by atoms with Crippen molar-refractivity contribution in [1.82, 2.24) is 0 Å². The Morgan fingerprint density at radius 3 is 2.57 bits per heavy atom. The Kier molecular flexibility index (Phi) is 5.63. The average Bonchev–Trinajstić information content (AvgIpc) is 2.71. The van der Waals surface area contributed by atoms with Crippen molar-refractivity contribution in [3.8, 4) is 0 Å². The summed E-state index contributed by atoms with van der Waals surface area (Å²) in [5.41, 5.74) is -0.126. The van der Waals surface area contributed by atoms with Crippen molar-refractivity contribution < 1.29 is 24.0 Å². The van der Waals surface area contributed by atoms with Gasteiger partial charge in [0.05, 0.1) is 21.9 Å². The lowest BCUT2D eigenvalue weighted by Gasteiger charge is -2.41. The first-order valence-corrected chi connectivity index (χ1v) is 9.03. The molecule has 2 amide bonds. The number of carbonyl (C=O) groups excluding carboxylic acids is 3. The molecule has 0 aromatic heterocycles. The Labute approximate surface area is 172 Å². The molecule has 0 radical (unpaired) electrons. The molecule has 0 fully saturated rings. The van der Waals surface area contributed by atoms with E-state index in [0.29, 0.717) is 11.4 Å². The van der Waals surface area contributed by atoms with Crippen LogP contribution in [0, 0.1) is 10.1 Å². The van der Waals surface area contributed by atoms with Crippen LogP contribution in [0.25, 0.3) is 6.08 Å². The standard InChI is InChI=1S/C21H19N3O6/c1-21(2)20(27)22-15-8-4-6-10-17(15)23(21)18(25)13-30-19(26)12-11-14-7-3-5-9-16(14)24(28)29/h3-12H,13H2,1-2H3,(H,22,27)/b12-11+. The van der Waals surface area contributed by atoms with Crippen molar-refractivity contribution in [3.05, 3.63) is 70.3 Å². The van der Waals surface area contributed by atoms with Gasteiger partial charge in [-0.1, -0.05) is 24.3 Å². The van der Waals surface area contributed by atoms with E-state index in [9.17, 15) is 24.5 Å². The minimum Gasteiger partial charge on any atom is -0.452 e. The largest absolute Gasteiger partial charge is 0.452 e. The summed E-state index contributed by atoms with van der Waals surface area (Å²) in [5, 5.41) is 13.8. The van der Waals surface area contributed by atoms with Gasteiger partial charge in [-0.3, -0.25) is 24.6 Å². The van der Waals surface area contributed by atoms with Gasteiger partial charge in [0.25, 0.3) is 11.6 Å². The van der Waals surface area contributed by atoms with Crippen LogP contribution in [-0.2, 0) is 19.1 Å². The molecule has 2 aromatic carbocycles. The summed E-state index contributed by atoms with van der Waals surface area (Å²) in [6, 6.07) is 12.7. The van der Waals surface area contributed by atoms with Crippen molar-refractivity contribution >= 4 is 40.9 Å². The molecule has 1 N–H and O–H groups in total. The SMILES string of the molecule is CC1(C)C(=O)Nc2ccccc2N1C(=O)COC(=O)/C=C/c1ccccc1[N+](=O)[O-]. The topological polar surface area (TPSA) is 119 Å². The van der Waals surface area contributed by atoms with Crippen LogP contribution in [0.5, 0.6) is 0 Å². The predicted octanol–water partition coefficient (Wildman–Crippen LogP) is 2.92. The van der Waals surface area contributed by atoms with Gasteiger partial charge in [0, 0.05) is 12.1 Å². The molecule has 2 aromatic rings. The van der Waals surface area contributed by atoms with Gasteiger partial charge in [0.15, 0.2) is 6.61 Å². The van der Waals surface area contributed by atoms with E-state index in [1.807, 2.05) is 0 Å². The lowest BCUT2D eigenvalue weighted by atomic mass is 9.96. The van der Waals surface area contributed by atoms with E-state index in [4.69, 9.17) is 4.74 Å². The number of fused-ring (bicyclic) bond motifs is 1. The molecule has 0 aliphatic carbocycles. The molecule has 0 atom stereocenters. The summed E-state index contributed by atoms with van der Waals surface area (Å²) in [6.07, 6.45) is 2.26. The molecule has 0 unspecified atom stereocenters. The number of nitro groups is 1. The molecule has 3 rings (SSSR count). The van der Waals surface area contributed by atoms with E-state index < -0.39 is 28.9 Å². The lowest BCUT2D eigenvalue weighted by Crippen LogP contribution is -2.59. The minimum absolute atomic E-state index is 0.157. The molecular weight excluding hydrogens is 390 g/mol. The molecule has 154 valence electrons. The Morgan fingerprint density at radius 1 is 1.17 bits per heavy atom. The molecule has 0 bridgehead atoms. The van der Waals surface area contributed by atoms with Crippen LogP contribution >= 0.6 is 0 Å². The molecule has 1 aliphatic heterocycles. The second kappa shape index (κ2) is 8.16. The third-order valence-electron chi connectivity index (χ3n) is 4.63. The molecule has 30 heavy (non-hydrogen) atoms. The fourth-order valence-corrected chi connectivity index (χ4v) is 3.10. The number of nitrogens with one attached hydrogen (secondary N) is 1. The number of ether oxygens (including phenoxy) is 1. The highest BCUT2D eigenvalue weighted by Gasteiger charge is 2.43. The van der Waals surface area contributed by atoms with Gasteiger partial charge in [0.2, 0.25) is 5.91 Å². The summed E-state index contributed by atoms with van der Waals surface area (Å²) < 4.78 is 5.00. The normalized spacial score (nSPS) is 14.7. The highest BCUT2D eigenvalue weighted by molar-refractivity contribution is 6.14. The molecule has 9 nitrogen and oxygen atoms in total. The Balaban J connectivity index is 1.72. The van der Waals surface area contributed by atoms with Crippen LogP contribution in [-0.4, -0.2) is 34.9 Å². The second-order valence-electron chi connectivity index (χ2n) is 7.02. The van der Waals surface area contributed by atoms with Gasteiger partial charge in [-0.15, -0.1) is 0 Å². The Morgan fingerprint density at radius 2 is 1.83 bits per heavy atom. The maximum Gasteiger partial charge on any atom is 0.331 e. The van der Waals surface area contributed by atoms with E-state index in [1.54, 1.807) is 44.2 Å². The molecule has 1 heterocycles. The van der Waals surface area contributed by atoms with Crippen LogP contribution in [0.2, 0.25) is 0 Å². The van der Waals surface area contributed by atoms with Crippen molar-refractivity contribution in [1.29, 1.82) is 0 Å². The maximum atomic E-state index is 12.8. The van der Waals surface area contributed by atoms with Gasteiger partial charge in [-0.2, -0.15) is 0 Å². The maximum absolute atomic E-state index is 12.8. The summed E-state index contributed by atoms with van der Waals surface area (Å²) in [5.74, 6) is -1.78. The summed E-state index contributed by atoms with van der Waals surface area (Å²) in [6.45, 7) is 2.59. The van der Waals surface area contributed by atoms with E-state index in [-0.39, 0.29) is 17.2 Å². The predicted molar refractivity (Wildman–Crippen MR) is 110 cm³/mol. The number of hydrogen-bond acceptors (Lipinski definition) is 6. The molecule has 0 saturated carbocycles. The monoisotopic (exact) mass is 409 g/mol.